The molecule has 4 heteroatoms. The predicted molar refractivity (Wildman–Crippen MR) is 65.7 cm³/mol. The summed E-state index contributed by atoms with van der Waals surface area (Å²) in [5.41, 5.74) is 0.826. The Balaban J connectivity index is 2.25. The van der Waals surface area contributed by atoms with Crippen molar-refractivity contribution in [3.05, 3.63) is 29.3 Å². The molecule has 1 fully saturated rings. The van der Waals surface area contributed by atoms with E-state index in [1.165, 1.54) is 0 Å². The first-order valence-electron chi connectivity index (χ1n) is 4.83. The lowest BCUT2D eigenvalue weighted by Crippen LogP contribution is -2.24. The Morgan fingerprint density at radius 1 is 1.47 bits per heavy atom. The molecule has 0 N–H and O–H groups in total. The van der Waals surface area contributed by atoms with Gasteiger partial charge in [-0.25, -0.2) is 0 Å². The summed E-state index contributed by atoms with van der Waals surface area (Å²) in [6.45, 7) is 0.758. The van der Waals surface area contributed by atoms with Crippen LogP contribution >= 0.6 is 27.5 Å². The molecule has 1 atom stereocenters. The molecule has 0 aromatic heterocycles. The minimum absolute atomic E-state index is 0.160. The Labute approximate surface area is 102 Å². The minimum atomic E-state index is 0.160. The largest absolute Gasteiger partial charge is 0.311 e. The fourth-order valence-electron chi connectivity index (χ4n) is 1.79. The first kappa shape index (κ1) is 11.0. The molecular weight excluding hydrogens is 277 g/mol. The van der Waals surface area contributed by atoms with E-state index < -0.39 is 0 Å². The molecular formula is C11H11BrClNO. The maximum absolute atomic E-state index is 11.7. The molecule has 0 spiro atoms. The molecule has 2 rings (SSSR count). The zero-order valence-corrected chi connectivity index (χ0v) is 10.5. The summed E-state index contributed by atoms with van der Waals surface area (Å²) in [5.74, 6) is 0.557. The SMILES string of the molecule is O=C1CC(CBr)CN1c1ccccc1Cl. The molecule has 0 saturated carbocycles. The Bertz CT molecular complexity index is 383. The van der Waals surface area contributed by atoms with Gasteiger partial charge < -0.3 is 4.90 Å². The third-order valence-corrected chi connectivity index (χ3v) is 3.80. The second-order valence-electron chi connectivity index (χ2n) is 3.68. The van der Waals surface area contributed by atoms with E-state index in [9.17, 15) is 4.79 Å². The van der Waals surface area contributed by atoms with E-state index in [0.29, 0.717) is 17.4 Å². The zero-order chi connectivity index (χ0) is 10.8. The van der Waals surface area contributed by atoms with Gasteiger partial charge in [0, 0.05) is 18.3 Å². The first-order valence-corrected chi connectivity index (χ1v) is 6.33. The second-order valence-corrected chi connectivity index (χ2v) is 4.73. The van der Waals surface area contributed by atoms with Crippen LogP contribution in [0.15, 0.2) is 24.3 Å². The number of rotatable bonds is 2. The van der Waals surface area contributed by atoms with Crippen LogP contribution in [0.2, 0.25) is 5.02 Å². The number of amides is 1. The lowest BCUT2D eigenvalue weighted by molar-refractivity contribution is -0.117. The number of anilines is 1. The molecule has 2 nitrogen and oxygen atoms in total. The van der Waals surface area contributed by atoms with Crippen molar-refractivity contribution in [2.24, 2.45) is 5.92 Å². The number of halogens is 2. The van der Waals surface area contributed by atoms with Crippen molar-refractivity contribution in [1.29, 1.82) is 0 Å². The standard InChI is InChI=1S/C11H11BrClNO/c12-6-8-5-11(15)14(7-8)10-4-2-1-3-9(10)13/h1-4,8H,5-7H2. The van der Waals surface area contributed by atoms with Crippen LogP contribution in [-0.2, 0) is 4.79 Å². The predicted octanol–water partition coefficient (Wildman–Crippen LogP) is 3.09. The van der Waals surface area contributed by atoms with Gasteiger partial charge >= 0.3 is 0 Å². The Kier molecular flexibility index (Phi) is 3.32. The van der Waals surface area contributed by atoms with E-state index in [-0.39, 0.29) is 5.91 Å². The van der Waals surface area contributed by atoms with Crippen molar-refractivity contribution in [2.45, 2.75) is 6.42 Å². The summed E-state index contributed by atoms with van der Waals surface area (Å²) in [7, 11) is 0. The molecule has 1 unspecified atom stereocenters. The molecule has 0 bridgehead atoms. The fraction of sp³-hybridized carbons (Fsp3) is 0.364. The highest BCUT2D eigenvalue weighted by atomic mass is 79.9. The fourth-order valence-corrected chi connectivity index (χ4v) is 2.46. The van der Waals surface area contributed by atoms with Gasteiger partial charge in [-0.2, -0.15) is 0 Å². The quantitative estimate of drug-likeness (QED) is 0.766. The average molecular weight is 289 g/mol. The van der Waals surface area contributed by atoms with Gasteiger partial charge in [-0.3, -0.25) is 4.79 Å². The lowest BCUT2D eigenvalue weighted by atomic mass is 10.2. The van der Waals surface area contributed by atoms with Gasteiger partial charge in [-0.1, -0.05) is 39.7 Å². The number of para-hydroxylation sites is 1. The number of carbonyl (C=O) groups excluding carboxylic acids is 1. The summed E-state index contributed by atoms with van der Waals surface area (Å²) in [6.07, 6.45) is 0.608. The highest BCUT2D eigenvalue weighted by Crippen LogP contribution is 2.31. The highest BCUT2D eigenvalue weighted by Gasteiger charge is 2.30. The van der Waals surface area contributed by atoms with Crippen LogP contribution in [0.25, 0.3) is 0 Å². The molecule has 15 heavy (non-hydrogen) atoms. The van der Waals surface area contributed by atoms with Gasteiger partial charge in [0.1, 0.15) is 0 Å². The number of hydrogen-bond donors (Lipinski definition) is 0. The molecule has 0 aliphatic carbocycles. The maximum Gasteiger partial charge on any atom is 0.227 e. The van der Waals surface area contributed by atoms with Gasteiger partial charge in [0.15, 0.2) is 0 Å². The lowest BCUT2D eigenvalue weighted by Gasteiger charge is -2.17. The maximum atomic E-state index is 11.7. The van der Waals surface area contributed by atoms with Crippen LogP contribution in [0.3, 0.4) is 0 Å². The number of hydrogen-bond acceptors (Lipinski definition) is 1. The summed E-state index contributed by atoms with van der Waals surface area (Å²) < 4.78 is 0. The van der Waals surface area contributed by atoms with Crippen LogP contribution in [0.5, 0.6) is 0 Å². The molecule has 1 heterocycles. The van der Waals surface area contributed by atoms with Crippen LogP contribution in [-0.4, -0.2) is 17.8 Å². The molecule has 1 saturated heterocycles. The Morgan fingerprint density at radius 2 is 2.20 bits per heavy atom. The van der Waals surface area contributed by atoms with E-state index in [4.69, 9.17) is 11.6 Å². The van der Waals surface area contributed by atoms with Crippen LogP contribution < -0.4 is 4.90 Å². The zero-order valence-electron chi connectivity index (χ0n) is 8.12. The van der Waals surface area contributed by atoms with Crippen molar-refractivity contribution in [2.75, 3.05) is 16.8 Å². The van der Waals surface area contributed by atoms with E-state index in [1.54, 1.807) is 4.90 Å². The van der Waals surface area contributed by atoms with Gasteiger partial charge in [0.25, 0.3) is 0 Å². The molecule has 1 aromatic carbocycles. The Hall–Kier alpha value is -0.540. The van der Waals surface area contributed by atoms with Crippen LogP contribution in [0.1, 0.15) is 6.42 Å². The van der Waals surface area contributed by atoms with E-state index in [1.807, 2.05) is 24.3 Å². The van der Waals surface area contributed by atoms with Crippen LogP contribution in [0.4, 0.5) is 5.69 Å². The van der Waals surface area contributed by atoms with Crippen molar-refractivity contribution in [3.63, 3.8) is 0 Å². The number of benzene rings is 1. The van der Waals surface area contributed by atoms with Crippen molar-refractivity contribution >= 4 is 39.1 Å². The average Bonchev–Trinajstić information content (AvgIpc) is 2.60. The highest BCUT2D eigenvalue weighted by molar-refractivity contribution is 9.09. The third kappa shape index (κ3) is 2.18. The Morgan fingerprint density at radius 3 is 2.80 bits per heavy atom. The first-order chi connectivity index (χ1) is 7.22. The number of carbonyl (C=O) groups is 1. The molecule has 1 aliphatic heterocycles. The topological polar surface area (TPSA) is 20.3 Å². The van der Waals surface area contributed by atoms with E-state index >= 15 is 0 Å². The second kappa shape index (κ2) is 4.54. The van der Waals surface area contributed by atoms with Crippen molar-refractivity contribution in [3.8, 4) is 0 Å². The van der Waals surface area contributed by atoms with Gasteiger partial charge in [-0.05, 0) is 18.1 Å². The summed E-state index contributed by atoms with van der Waals surface area (Å²) in [4.78, 5) is 13.5. The monoisotopic (exact) mass is 287 g/mol. The van der Waals surface area contributed by atoms with Gasteiger partial charge in [0.05, 0.1) is 10.7 Å². The van der Waals surface area contributed by atoms with Gasteiger partial charge in [0.2, 0.25) is 5.91 Å². The summed E-state index contributed by atoms with van der Waals surface area (Å²) in [6, 6.07) is 7.47. The molecule has 80 valence electrons. The van der Waals surface area contributed by atoms with Crippen molar-refractivity contribution in [1.82, 2.24) is 0 Å². The van der Waals surface area contributed by atoms with E-state index in [2.05, 4.69) is 15.9 Å². The van der Waals surface area contributed by atoms with Crippen molar-refractivity contribution < 1.29 is 4.79 Å². The minimum Gasteiger partial charge on any atom is -0.311 e. The van der Waals surface area contributed by atoms with Crippen LogP contribution in [0, 0.1) is 5.92 Å². The molecule has 1 aliphatic rings. The van der Waals surface area contributed by atoms with E-state index in [0.717, 1.165) is 17.6 Å². The summed E-state index contributed by atoms with van der Waals surface area (Å²) in [5, 5.41) is 1.50. The van der Waals surface area contributed by atoms with Gasteiger partial charge in [-0.15, -0.1) is 0 Å². The smallest absolute Gasteiger partial charge is 0.227 e. The number of nitrogens with zero attached hydrogens (tertiary/aromatic N) is 1. The summed E-state index contributed by atoms with van der Waals surface area (Å²) >= 11 is 9.47. The molecule has 1 amide bonds. The molecule has 1 aromatic rings. The normalized spacial score (nSPS) is 21.1. The molecule has 0 radical (unpaired) electrons. The third-order valence-electron chi connectivity index (χ3n) is 2.57. The number of alkyl halides is 1.